The van der Waals surface area contributed by atoms with Gasteiger partial charge in [-0.25, -0.2) is 13.2 Å². The van der Waals surface area contributed by atoms with Gasteiger partial charge in [0, 0.05) is 13.1 Å². The fourth-order valence-electron chi connectivity index (χ4n) is 3.32. The van der Waals surface area contributed by atoms with E-state index in [9.17, 15) is 18.3 Å². The van der Waals surface area contributed by atoms with Gasteiger partial charge in [0.15, 0.2) is 0 Å². The van der Waals surface area contributed by atoms with Crippen LogP contribution in [0.4, 0.5) is 0 Å². The number of aromatic carboxylic acids is 1. The summed E-state index contributed by atoms with van der Waals surface area (Å²) in [6.07, 6.45) is 1.58. The molecule has 0 atom stereocenters. The van der Waals surface area contributed by atoms with Gasteiger partial charge in [0.05, 0.1) is 10.5 Å². The van der Waals surface area contributed by atoms with Gasteiger partial charge in [-0.3, -0.25) is 0 Å². The summed E-state index contributed by atoms with van der Waals surface area (Å²) in [7, 11) is -2.13. The third kappa shape index (κ3) is 4.22. The van der Waals surface area contributed by atoms with Gasteiger partial charge in [-0.05, 0) is 56.1 Å². The van der Waals surface area contributed by atoms with Crippen molar-refractivity contribution in [2.45, 2.75) is 50.5 Å². The van der Waals surface area contributed by atoms with E-state index in [2.05, 4.69) is 11.8 Å². The molecule has 1 aliphatic rings. The summed E-state index contributed by atoms with van der Waals surface area (Å²) in [5.41, 5.74) is 0.653. The van der Waals surface area contributed by atoms with Crippen molar-refractivity contribution in [3.63, 3.8) is 0 Å². The summed E-state index contributed by atoms with van der Waals surface area (Å²) in [6, 6.07) is 4.33. The molecule has 1 N–H and O–H groups in total. The monoisotopic (exact) mass is 368 g/mol. The minimum absolute atomic E-state index is 0.00261. The first-order valence-corrected chi connectivity index (χ1v) is 10.2. The Kier molecular flexibility index (Phi) is 6.24. The fourth-order valence-corrected chi connectivity index (χ4v) is 5.11. The van der Waals surface area contributed by atoms with Crippen LogP contribution in [-0.4, -0.2) is 61.4 Å². The lowest BCUT2D eigenvalue weighted by atomic mass is 10.0. The molecule has 0 aliphatic carbocycles. The highest BCUT2D eigenvalue weighted by Crippen LogP contribution is 2.29. The Balaban J connectivity index is 2.37. The molecule has 1 aromatic rings. The summed E-state index contributed by atoms with van der Waals surface area (Å²) >= 11 is 0. The molecule has 1 heterocycles. The zero-order valence-electron chi connectivity index (χ0n) is 15.4. The molecule has 0 amide bonds. The second-order valence-corrected chi connectivity index (χ2v) is 8.87. The molecule has 6 nitrogen and oxygen atoms in total. The highest BCUT2D eigenvalue weighted by molar-refractivity contribution is 7.89. The second-order valence-electron chi connectivity index (χ2n) is 6.90. The van der Waals surface area contributed by atoms with Crippen LogP contribution in [0, 0.1) is 0 Å². The van der Waals surface area contributed by atoms with Gasteiger partial charge in [-0.15, -0.1) is 0 Å². The molecule has 1 aromatic carbocycles. The van der Waals surface area contributed by atoms with Crippen LogP contribution in [0.5, 0.6) is 0 Å². The number of carbonyl (C=O) groups is 1. The van der Waals surface area contributed by atoms with Crippen LogP contribution in [0.1, 0.15) is 55.5 Å². The lowest BCUT2D eigenvalue weighted by molar-refractivity contribution is 0.0696. The van der Waals surface area contributed by atoms with E-state index in [-0.39, 0.29) is 22.4 Å². The SMILES string of the molecule is CCN1CCC(N(C)S(=O)(=O)c2cc(C(=O)O)ccc2C(C)C)CC1. The first-order chi connectivity index (χ1) is 11.7. The quantitative estimate of drug-likeness (QED) is 0.835. The normalized spacial score (nSPS) is 17.4. The number of likely N-dealkylation sites (tertiary alicyclic amines) is 1. The number of carboxylic acid groups (broad SMARTS) is 1. The molecule has 0 radical (unpaired) electrons. The van der Waals surface area contributed by atoms with Crippen LogP contribution in [0.15, 0.2) is 23.1 Å². The number of piperidine rings is 1. The summed E-state index contributed by atoms with van der Waals surface area (Å²) in [5, 5.41) is 9.23. The molecule has 1 saturated heterocycles. The lowest BCUT2D eigenvalue weighted by Gasteiger charge is -2.36. The van der Waals surface area contributed by atoms with E-state index in [0.717, 1.165) is 32.5 Å². The molecule has 1 fully saturated rings. The molecule has 0 unspecified atom stereocenters. The number of carboxylic acids is 1. The Labute approximate surface area is 150 Å². The fraction of sp³-hybridized carbons (Fsp3) is 0.611. The van der Waals surface area contributed by atoms with Crippen molar-refractivity contribution in [2.24, 2.45) is 0 Å². The topological polar surface area (TPSA) is 77.9 Å². The zero-order chi connectivity index (χ0) is 18.8. The maximum Gasteiger partial charge on any atom is 0.335 e. The minimum Gasteiger partial charge on any atom is -0.478 e. The van der Waals surface area contributed by atoms with Gasteiger partial charge in [0.1, 0.15) is 0 Å². The summed E-state index contributed by atoms with van der Waals surface area (Å²) < 4.78 is 27.8. The summed E-state index contributed by atoms with van der Waals surface area (Å²) in [5.74, 6) is -1.13. The summed E-state index contributed by atoms with van der Waals surface area (Å²) in [6.45, 7) is 8.66. The number of hydrogen-bond donors (Lipinski definition) is 1. The standard InChI is InChI=1S/C18H28N2O4S/c1-5-20-10-8-15(9-11-20)19(4)25(23,24)17-12-14(18(21)22)6-7-16(17)13(2)3/h6-7,12-13,15H,5,8-11H2,1-4H3,(H,21,22). The first-order valence-electron chi connectivity index (χ1n) is 8.76. The van der Waals surface area contributed by atoms with E-state index in [1.165, 1.54) is 16.4 Å². The largest absolute Gasteiger partial charge is 0.478 e. The van der Waals surface area contributed by atoms with Crippen LogP contribution in [0.2, 0.25) is 0 Å². The van der Waals surface area contributed by atoms with Crippen molar-refractivity contribution >= 4 is 16.0 Å². The molecule has 0 bridgehead atoms. The predicted octanol–water partition coefficient (Wildman–Crippen LogP) is 2.61. The van der Waals surface area contributed by atoms with Crippen LogP contribution >= 0.6 is 0 Å². The Morgan fingerprint density at radius 1 is 1.32 bits per heavy atom. The Bertz CT molecular complexity index is 723. The highest BCUT2D eigenvalue weighted by Gasteiger charge is 2.32. The van der Waals surface area contributed by atoms with Crippen LogP contribution in [0.25, 0.3) is 0 Å². The van der Waals surface area contributed by atoms with Crippen molar-refractivity contribution < 1.29 is 18.3 Å². The van der Waals surface area contributed by atoms with Gasteiger partial charge < -0.3 is 10.0 Å². The predicted molar refractivity (Wildman–Crippen MR) is 97.6 cm³/mol. The van der Waals surface area contributed by atoms with Gasteiger partial charge in [0.25, 0.3) is 0 Å². The third-order valence-corrected chi connectivity index (χ3v) is 7.02. The number of nitrogens with zero attached hydrogens (tertiary/aromatic N) is 2. The number of benzene rings is 1. The van der Waals surface area contributed by atoms with Gasteiger partial charge >= 0.3 is 5.97 Å². The second kappa shape index (κ2) is 7.85. The Morgan fingerprint density at radius 3 is 2.40 bits per heavy atom. The Hall–Kier alpha value is -1.44. The van der Waals surface area contributed by atoms with Crippen molar-refractivity contribution in [3.8, 4) is 0 Å². The molecule has 25 heavy (non-hydrogen) atoms. The van der Waals surface area contributed by atoms with Gasteiger partial charge in [-0.1, -0.05) is 26.8 Å². The molecule has 7 heteroatoms. The van der Waals surface area contributed by atoms with Gasteiger partial charge in [0.2, 0.25) is 10.0 Å². The third-order valence-electron chi connectivity index (χ3n) is 5.06. The first kappa shape index (κ1) is 19.9. The average molecular weight is 368 g/mol. The molecular formula is C18H28N2O4S. The summed E-state index contributed by atoms with van der Waals surface area (Å²) in [4.78, 5) is 13.7. The molecule has 0 spiro atoms. The van der Waals surface area contributed by atoms with Crippen molar-refractivity contribution in [3.05, 3.63) is 29.3 Å². The smallest absolute Gasteiger partial charge is 0.335 e. The van der Waals surface area contributed by atoms with E-state index >= 15 is 0 Å². The average Bonchev–Trinajstić information content (AvgIpc) is 2.60. The van der Waals surface area contributed by atoms with E-state index in [1.807, 2.05) is 13.8 Å². The zero-order valence-corrected chi connectivity index (χ0v) is 16.2. The number of hydrogen-bond acceptors (Lipinski definition) is 4. The minimum atomic E-state index is -3.74. The Morgan fingerprint density at radius 2 is 1.92 bits per heavy atom. The van der Waals surface area contributed by atoms with Gasteiger partial charge in [-0.2, -0.15) is 4.31 Å². The van der Waals surface area contributed by atoms with Crippen LogP contribution in [-0.2, 0) is 10.0 Å². The molecule has 0 saturated carbocycles. The molecule has 2 rings (SSSR count). The highest BCUT2D eigenvalue weighted by atomic mass is 32.2. The lowest BCUT2D eigenvalue weighted by Crippen LogP contribution is -2.45. The van der Waals surface area contributed by atoms with E-state index in [4.69, 9.17) is 0 Å². The van der Waals surface area contributed by atoms with E-state index in [0.29, 0.717) is 5.56 Å². The van der Waals surface area contributed by atoms with Crippen molar-refractivity contribution in [1.29, 1.82) is 0 Å². The molecule has 0 aromatic heterocycles. The van der Waals surface area contributed by atoms with Crippen LogP contribution in [0.3, 0.4) is 0 Å². The van der Waals surface area contributed by atoms with Crippen molar-refractivity contribution in [2.75, 3.05) is 26.7 Å². The number of sulfonamides is 1. The molecule has 140 valence electrons. The number of rotatable bonds is 6. The van der Waals surface area contributed by atoms with E-state index in [1.54, 1.807) is 13.1 Å². The van der Waals surface area contributed by atoms with Crippen LogP contribution < -0.4 is 0 Å². The maximum atomic E-state index is 13.2. The van der Waals surface area contributed by atoms with E-state index < -0.39 is 16.0 Å². The maximum absolute atomic E-state index is 13.2. The molecular weight excluding hydrogens is 340 g/mol. The van der Waals surface area contributed by atoms with Crippen molar-refractivity contribution in [1.82, 2.24) is 9.21 Å². The molecule has 1 aliphatic heterocycles.